The zero-order valence-corrected chi connectivity index (χ0v) is 19.2. The monoisotopic (exact) mass is 406 g/mol. The van der Waals surface area contributed by atoms with E-state index in [4.69, 9.17) is 4.74 Å². The molecule has 1 unspecified atom stereocenters. The highest BCUT2D eigenvalue weighted by atomic mass is 16.5. The molecule has 0 aromatic carbocycles. The molecule has 2 aliphatic rings. The van der Waals surface area contributed by atoms with E-state index in [0.29, 0.717) is 0 Å². The van der Waals surface area contributed by atoms with Crippen molar-refractivity contribution in [3.63, 3.8) is 0 Å². The van der Waals surface area contributed by atoms with Gasteiger partial charge in [0, 0.05) is 19.8 Å². The normalized spacial score (nSPS) is 22.9. The first-order valence-corrected chi connectivity index (χ1v) is 11.6. The van der Waals surface area contributed by atoms with E-state index < -0.39 is 0 Å². The third-order valence-electron chi connectivity index (χ3n) is 6.19. The molecule has 1 aliphatic carbocycles. The van der Waals surface area contributed by atoms with Gasteiger partial charge in [-0.25, -0.2) is 0 Å². The van der Waals surface area contributed by atoms with Gasteiger partial charge in [0.25, 0.3) is 0 Å². The lowest BCUT2D eigenvalue weighted by molar-refractivity contribution is 0.199. The molecule has 1 aromatic heterocycles. The number of ether oxygens (including phenoxy) is 1. The van der Waals surface area contributed by atoms with Gasteiger partial charge in [-0.05, 0) is 88.0 Å². The van der Waals surface area contributed by atoms with Crippen molar-refractivity contribution in [2.75, 3.05) is 13.6 Å². The quantitative estimate of drug-likeness (QED) is 0.441. The first kappa shape index (κ1) is 22.4. The maximum absolute atomic E-state index is 6.39. The van der Waals surface area contributed by atoms with E-state index in [0.717, 1.165) is 37.5 Å². The van der Waals surface area contributed by atoms with Crippen molar-refractivity contribution >= 4 is 0 Å². The van der Waals surface area contributed by atoms with Gasteiger partial charge in [-0.15, -0.1) is 0 Å². The molecule has 1 aliphatic heterocycles. The van der Waals surface area contributed by atoms with Crippen LogP contribution in [0.25, 0.3) is 0 Å². The van der Waals surface area contributed by atoms with E-state index in [9.17, 15) is 0 Å². The number of rotatable bonds is 8. The molecular formula is C27H38N2O. The summed E-state index contributed by atoms with van der Waals surface area (Å²) in [6, 6.07) is 3.94. The van der Waals surface area contributed by atoms with Crippen LogP contribution in [0.15, 0.2) is 71.2 Å². The minimum Gasteiger partial charge on any atom is -0.483 e. The third-order valence-corrected chi connectivity index (χ3v) is 6.19. The molecule has 1 aromatic rings. The second-order valence-electron chi connectivity index (χ2n) is 8.57. The van der Waals surface area contributed by atoms with Crippen LogP contribution in [0, 0.1) is 5.92 Å². The van der Waals surface area contributed by atoms with Crippen LogP contribution in [-0.2, 0) is 0 Å². The fourth-order valence-corrected chi connectivity index (χ4v) is 4.12. The smallest absolute Gasteiger partial charge is 0.138 e. The first-order chi connectivity index (χ1) is 14.6. The first-order valence-electron chi connectivity index (χ1n) is 11.6. The molecule has 162 valence electrons. The van der Waals surface area contributed by atoms with Gasteiger partial charge in [-0.2, -0.15) is 0 Å². The summed E-state index contributed by atoms with van der Waals surface area (Å²) >= 11 is 0. The Balaban J connectivity index is 1.85. The molecule has 1 atom stereocenters. The molecule has 3 rings (SSSR count). The van der Waals surface area contributed by atoms with Crippen LogP contribution in [0.1, 0.15) is 65.7 Å². The maximum atomic E-state index is 6.39. The summed E-state index contributed by atoms with van der Waals surface area (Å²) in [5.41, 5.74) is 5.63. The molecular weight excluding hydrogens is 368 g/mol. The topological polar surface area (TPSA) is 25.4 Å². The van der Waals surface area contributed by atoms with E-state index in [2.05, 4.69) is 62.0 Å². The number of allylic oxidation sites excluding steroid dienone is 7. The number of hydrogen-bond acceptors (Lipinski definition) is 3. The van der Waals surface area contributed by atoms with E-state index in [-0.39, 0.29) is 6.10 Å². The fourth-order valence-electron chi connectivity index (χ4n) is 4.12. The van der Waals surface area contributed by atoms with Gasteiger partial charge in [0.05, 0.1) is 11.9 Å². The van der Waals surface area contributed by atoms with Crippen LogP contribution in [0.4, 0.5) is 0 Å². The standard InChI is InChI=1S/C27H38N2O/c1-5-10-24(22-13-14-22)19-23(21(3)6-2)15-16-26-27(12-7-8-18-29(26)4)30-25-11-9-17-28-20-25/h6,9-11,16-17,19-20,22,27H,5,7-8,12-15,18H2,1-4H3/b21-6-,23-19-,24-10-,26-16-. The van der Waals surface area contributed by atoms with Crippen molar-refractivity contribution in [3.05, 3.63) is 71.2 Å². The number of likely N-dealkylation sites (tertiary alicyclic amines) is 1. The third kappa shape index (κ3) is 6.35. The molecule has 2 heterocycles. The number of aromatic nitrogens is 1. The molecule has 0 radical (unpaired) electrons. The van der Waals surface area contributed by atoms with E-state index in [1.165, 1.54) is 48.1 Å². The maximum Gasteiger partial charge on any atom is 0.138 e. The number of nitrogens with zero attached hydrogens (tertiary/aromatic N) is 2. The lowest BCUT2D eigenvalue weighted by atomic mass is 9.97. The van der Waals surface area contributed by atoms with Gasteiger partial charge in [0.1, 0.15) is 11.9 Å². The molecule has 1 saturated carbocycles. The minimum absolute atomic E-state index is 0.0861. The molecule has 0 bridgehead atoms. The SMILES string of the molecule is C\C=C(C)/C(=C\C(=C\CC)C1CC1)C/C=C1/C(Oc2cccnc2)CCCCN1C. The Labute approximate surface area is 183 Å². The summed E-state index contributed by atoms with van der Waals surface area (Å²) < 4.78 is 6.39. The molecule has 0 spiro atoms. The Hall–Kier alpha value is -2.29. The molecule has 1 saturated heterocycles. The van der Waals surface area contributed by atoms with E-state index in [1.807, 2.05) is 18.3 Å². The van der Waals surface area contributed by atoms with Gasteiger partial charge >= 0.3 is 0 Å². The second-order valence-corrected chi connectivity index (χ2v) is 8.57. The number of likely N-dealkylation sites (N-methyl/N-ethyl adjacent to an activating group) is 1. The summed E-state index contributed by atoms with van der Waals surface area (Å²) in [7, 11) is 2.20. The van der Waals surface area contributed by atoms with Crippen LogP contribution >= 0.6 is 0 Å². The van der Waals surface area contributed by atoms with Crippen LogP contribution < -0.4 is 4.74 Å². The van der Waals surface area contributed by atoms with Crippen molar-refractivity contribution in [2.45, 2.75) is 71.8 Å². The van der Waals surface area contributed by atoms with Crippen LogP contribution in [0.5, 0.6) is 5.75 Å². The Morgan fingerprint density at radius 2 is 2.10 bits per heavy atom. The van der Waals surface area contributed by atoms with Crippen LogP contribution in [0.3, 0.4) is 0 Å². The van der Waals surface area contributed by atoms with E-state index in [1.54, 1.807) is 6.20 Å². The zero-order valence-electron chi connectivity index (χ0n) is 19.2. The summed E-state index contributed by atoms with van der Waals surface area (Å²) in [5.74, 6) is 1.63. The highest BCUT2D eigenvalue weighted by molar-refractivity contribution is 5.40. The summed E-state index contributed by atoms with van der Waals surface area (Å²) in [5, 5.41) is 0. The Bertz CT molecular complexity index is 799. The molecule has 3 heteroatoms. The predicted molar refractivity (Wildman–Crippen MR) is 126 cm³/mol. The summed E-state index contributed by atoms with van der Waals surface area (Å²) in [4.78, 5) is 6.61. The van der Waals surface area contributed by atoms with Crippen molar-refractivity contribution in [3.8, 4) is 5.75 Å². The average Bonchev–Trinajstić information content (AvgIpc) is 3.61. The zero-order chi connectivity index (χ0) is 21.3. The highest BCUT2D eigenvalue weighted by Gasteiger charge is 2.25. The molecule has 0 N–H and O–H groups in total. The highest BCUT2D eigenvalue weighted by Crippen LogP contribution is 2.38. The minimum atomic E-state index is 0.0861. The van der Waals surface area contributed by atoms with Gasteiger partial charge in [0.15, 0.2) is 0 Å². The van der Waals surface area contributed by atoms with Crippen molar-refractivity contribution in [2.24, 2.45) is 5.92 Å². The van der Waals surface area contributed by atoms with Crippen molar-refractivity contribution in [1.29, 1.82) is 0 Å². The fraction of sp³-hybridized carbons (Fsp3) is 0.519. The summed E-state index contributed by atoms with van der Waals surface area (Å²) in [6.07, 6.45) is 21.4. The van der Waals surface area contributed by atoms with Crippen LogP contribution in [0.2, 0.25) is 0 Å². The Morgan fingerprint density at radius 3 is 2.77 bits per heavy atom. The molecule has 2 fully saturated rings. The summed E-state index contributed by atoms with van der Waals surface area (Å²) in [6.45, 7) is 7.70. The second kappa shape index (κ2) is 11.2. The lowest BCUT2D eigenvalue weighted by Gasteiger charge is -2.27. The molecule has 0 amide bonds. The average molecular weight is 407 g/mol. The van der Waals surface area contributed by atoms with Gasteiger partial charge in [-0.3, -0.25) is 4.98 Å². The molecule has 3 nitrogen and oxygen atoms in total. The number of pyridine rings is 1. The predicted octanol–water partition coefficient (Wildman–Crippen LogP) is 6.86. The largest absolute Gasteiger partial charge is 0.483 e. The van der Waals surface area contributed by atoms with Crippen molar-refractivity contribution in [1.82, 2.24) is 9.88 Å². The van der Waals surface area contributed by atoms with Gasteiger partial charge in [-0.1, -0.05) is 36.8 Å². The Kier molecular flexibility index (Phi) is 8.36. The van der Waals surface area contributed by atoms with Gasteiger partial charge in [0.2, 0.25) is 0 Å². The lowest BCUT2D eigenvalue weighted by Crippen LogP contribution is -2.29. The van der Waals surface area contributed by atoms with Crippen molar-refractivity contribution < 1.29 is 4.74 Å². The Morgan fingerprint density at radius 1 is 1.27 bits per heavy atom. The number of hydrogen-bond donors (Lipinski definition) is 0. The van der Waals surface area contributed by atoms with Gasteiger partial charge < -0.3 is 9.64 Å². The van der Waals surface area contributed by atoms with Crippen LogP contribution in [-0.4, -0.2) is 29.6 Å². The van der Waals surface area contributed by atoms with E-state index >= 15 is 0 Å². The molecule has 30 heavy (non-hydrogen) atoms.